The minimum Gasteiger partial charge on any atom is -0.350 e. The Morgan fingerprint density at radius 2 is 1.66 bits per heavy atom. The third kappa shape index (κ3) is 5.33. The Morgan fingerprint density at radius 1 is 1.00 bits per heavy atom. The van der Waals surface area contributed by atoms with Gasteiger partial charge in [0.05, 0.1) is 10.9 Å². The van der Waals surface area contributed by atoms with Crippen molar-refractivity contribution < 1.29 is 18.0 Å². The molecule has 3 atom stereocenters. The van der Waals surface area contributed by atoms with Crippen LogP contribution in [0.5, 0.6) is 0 Å². The van der Waals surface area contributed by atoms with E-state index in [0.29, 0.717) is 18.4 Å². The van der Waals surface area contributed by atoms with Crippen molar-refractivity contribution in [3.63, 3.8) is 0 Å². The molecule has 2 aromatic carbocycles. The third-order valence-corrected chi connectivity index (χ3v) is 9.16. The lowest BCUT2D eigenvalue weighted by atomic mass is 9.87. The average molecular weight is 496 g/mol. The van der Waals surface area contributed by atoms with Crippen LogP contribution in [0.3, 0.4) is 0 Å². The molecule has 0 saturated carbocycles. The highest BCUT2D eigenvalue weighted by Gasteiger charge is 2.39. The van der Waals surface area contributed by atoms with E-state index in [1.165, 1.54) is 28.1 Å². The maximum Gasteiger partial charge on any atom is 0.251 e. The topological polar surface area (TPSA) is 95.6 Å². The van der Waals surface area contributed by atoms with Gasteiger partial charge in [-0.3, -0.25) is 9.59 Å². The molecule has 0 spiro atoms. The molecule has 8 heteroatoms. The van der Waals surface area contributed by atoms with Gasteiger partial charge in [0.1, 0.15) is 0 Å². The van der Waals surface area contributed by atoms with Crippen LogP contribution in [0.15, 0.2) is 66.1 Å². The minimum atomic E-state index is -3.76. The number of piperidine rings is 1. The van der Waals surface area contributed by atoms with Crippen molar-refractivity contribution in [1.29, 1.82) is 0 Å². The summed E-state index contributed by atoms with van der Waals surface area (Å²) < 4.78 is 28.4. The predicted molar refractivity (Wildman–Crippen MR) is 135 cm³/mol. The summed E-state index contributed by atoms with van der Waals surface area (Å²) in [6.45, 7) is 7.18. The van der Waals surface area contributed by atoms with Crippen LogP contribution < -0.4 is 10.6 Å². The van der Waals surface area contributed by atoms with E-state index in [1.54, 1.807) is 12.1 Å². The van der Waals surface area contributed by atoms with Crippen LogP contribution in [0.2, 0.25) is 0 Å². The summed E-state index contributed by atoms with van der Waals surface area (Å²) in [5.74, 6) is -0.465. The summed E-state index contributed by atoms with van der Waals surface area (Å²) in [5, 5.41) is 5.99. The van der Waals surface area contributed by atoms with Gasteiger partial charge in [0.2, 0.25) is 15.9 Å². The molecule has 0 bridgehead atoms. The molecule has 2 aromatic rings. The zero-order chi connectivity index (χ0) is 25.2. The van der Waals surface area contributed by atoms with Gasteiger partial charge in [-0.25, -0.2) is 8.42 Å². The fraction of sp³-hybridized carbons (Fsp3) is 0.407. The number of aryl methyl sites for hydroxylation is 1. The van der Waals surface area contributed by atoms with Crippen molar-refractivity contribution >= 4 is 21.8 Å². The molecule has 7 nitrogen and oxygen atoms in total. The molecule has 3 unspecified atom stereocenters. The Bertz CT molecular complexity index is 1200. The van der Waals surface area contributed by atoms with Crippen LogP contribution in [0.4, 0.5) is 0 Å². The normalized spacial score (nSPS) is 24.7. The number of amides is 2. The molecular formula is C27H33N3O4S. The predicted octanol–water partition coefficient (Wildman–Crippen LogP) is 3.73. The number of rotatable bonds is 6. The van der Waals surface area contributed by atoms with E-state index in [-0.39, 0.29) is 40.9 Å². The first kappa shape index (κ1) is 25.1. The molecule has 0 radical (unpaired) electrons. The first-order valence-corrected chi connectivity index (χ1v) is 13.6. The molecule has 2 amide bonds. The van der Waals surface area contributed by atoms with E-state index in [4.69, 9.17) is 0 Å². The number of nitrogens with one attached hydrogen (secondary N) is 2. The number of fused-ring (bicyclic) bond motifs is 1. The van der Waals surface area contributed by atoms with Gasteiger partial charge in [0, 0.05) is 23.7 Å². The lowest BCUT2D eigenvalue weighted by molar-refractivity contribution is -0.117. The molecule has 1 fully saturated rings. The largest absolute Gasteiger partial charge is 0.350 e. The van der Waals surface area contributed by atoms with Gasteiger partial charge in [-0.05, 0) is 87.4 Å². The van der Waals surface area contributed by atoms with Crippen LogP contribution in [0, 0.1) is 0 Å². The van der Waals surface area contributed by atoms with E-state index in [2.05, 4.69) is 29.3 Å². The van der Waals surface area contributed by atoms with Crippen molar-refractivity contribution in [2.24, 2.45) is 0 Å². The fourth-order valence-electron chi connectivity index (χ4n) is 5.46. The molecule has 0 aromatic heterocycles. The number of carbonyl (C=O) groups is 2. The minimum absolute atomic E-state index is 0.0413. The van der Waals surface area contributed by atoms with Crippen LogP contribution in [0.1, 0.15) is 67.1 Å². The summed E-state index contributed by atoms with van der Waals surface area (Å²) in [5.41, 5.74) is 2.85. The summed E-state index contributed by atoms with van der Waals surface area (Å²) in [6, 6.07) is 13.6. The van der Waals surface area contributed by atoms with E-state index < -0.39 is 10.0 Å². The first-order chi connectivity index (χ1) is 16.7. The average Bonchev–Trinajstić information content (AvgIpc) is 2.83. The molecule has 1 aliphatic heterocycles. The highest BCUT2D eigenvalue weighted by Crippen LogP contribution is 2.31. The second-order valence-electron chi connectivity index (χ2n) is 9.56. The number of hydrogen-bond acceptors (Lipinski definition) is 4. The Balaban J connectivity index is 1.46. The lowest BCUT2D eigenvalue weighted by Crippen LogP contribution is -2.54. The maximum absolute atomic E-state index is 13.5. The summed E-state index contributed by atoms with van der Waals surface area (Å²) in [7, 11) is -3.76. The lowest BCUT2D eigenvalue weighted by Gasteiger charge is -2.41. The summed E-state index contributed by atoms with van der Waals surface area (Å²) in [6.07, 6.45) is 5.18. The number of nitrogens with zero attached hydrogens (tertiary/aromatic N) is 1. The molecule has 1 heterocycles. The van der Waals surface area contributed by atoms with Gasteiger partial charge in [-0.15, -0.1) is 0 Å². The van der Waals surface area contributed by atoms with E-state index >= 15 is 0 Å². The van der Waals surface area contributed by atoms with E-state index in [9.17, 15) is 18.0 Å². The third-order valence-electron chi connectivity index (χ3n) is 7.02. The molecule has 35 heavy (non-hydrogen) atoms. The van der Waals surface area contributed by atoms with Crippen molar-refractivity contribution in [2.75, 3.05) is 0 Å². The Hall–Kier alpha value is -2.97. The quantitative estimate of drug-likeness (QED) is 0.597. The molecule has 4 rings (SSSR count). The molecule has 2 aliphatic rings. The smallest absolute Gasteiger partial charge is 0.251 e. The Kier molecular flexibility index (Phi) is 7.42. The second kappa shape index (κ2) is 10.3. The summed E-state index contributed by atoms with van der Waals surface area (Å²) in [4.78, 5) is 24.8. The van der Waals surface area contributed by atoms with Crippen molar-refractivity contribution in [3.8, 4) is 0 Å². The molecule has 1 saturated heterocycles. The monoisotopic (exact) mass is 495 g/mol. The van der Waals surface area contributed by atoms with E-state index in [0.717, 1.165) is 24.8 Å². The first-order valence-electron chi connectivity index (χ1n) is 12.2. The zero-order valence-corrected chi connectivity index (χ0v) is 21.1. The van der Waals surface area contributed by atoms with Crippen LogP contribution in [-0.4, -0.2) is 42.7 Å². The van der Waals surface area contributed by atoms with Gasteiger partial charge in [-0.2, -0.15) is 4.31 Å². The molecule has 2 N–H and O–H groups in total. The highest BCUT2D eigenvalue weighted by molar-refractivity contribution is 7.89. The number of benzene rings is 2. The van der Waals surface area contributed by atoms with Gasteiger partial charge in [0.25, 0.3) is 5.91 Å². The SMILES string of the molecule is C=CC(=O)NC1CC(C)N(S(=O)(=O)c2ccc(C(=O)NC3CCCc4ccccc43)cc2)C(C)C1. The highest BCUT2D eigenvalue weighted by atomic mass is 32.2. The van der Waals surface area contributed by atoms with Gasteiger partial charge in [0.15, 0.2) is 0 Å². The molecular weight excluding hydrogens is 462 g/mol. The number of hydrogen-bond donors (Lipinski definition) is 2. The molecule has 186 valence electrons. The van der Waals surface area contributed by atoms with Crippen molar-refractivity contribution in [2.45, 2.75) is 75.0 Å². The van der Waals surface area contributed by atoms with Gasteiger partial charge in [-0.1, -0.05) is 30.8 Å². The fourth-order valence-corrected chi connectivity index (χ4v) is 7.30. The number of carbonyl (C=O) groups excluding carboxylic acids is 2. The standard InChI is InChI=1S/C27H33N3O4S/c1-4-26(31)28-22-16-18(2)30(19(3)17-22)35(33,34)23-14-12-21(13-15-23)27(32)29-25-11-7-9-20-8-5-6-10-24(20)25/h4-6,8,10,12-15,18-19,22,25H,1,7,9,11,16-17H2,2-3H3,(H,28,31)(H,29,32). The molecule has 1 aliphatic carbocycles. The number of sulfonamides is 1. The second-order valence-corrected chi connectivity index (χ2v) is 11.4. The maximum atomic E-state index is 13.5. The van der Waals surface area contributed by atoms with Crippen LogP contribution in [0.25, 0.3) is 0 Å². The van der Waals surface area contributed by atoms with Crippen LogP contribution in [-0.2, 0) is 21.2 Å². The van der Waals surface area contributed by atoms with Crippen LogP contribution >= 0.6 is 0 Å². The van der Waals surface area contributed by atoms with Gasteiger partial charge < -0.3 is 10.6 Å². The summed E-state index contributed by atoms with van der Waals surface area (Å²) >= 11 is 0. The van der Waals surface area contributed by atoms with E-state index in [1.807, 2.05) is 26.0 Å². The zero-order valence-electron chi connectivity index (χ0n) is 20.2. The van der Waals surface area contributed by atoms with Crippen molar-refractivity contribution in [1.82, 2.24) is 14.9 Å². The Morgan fingerprint density at radius 3 is 2.31 bits per heavy atom. The van der Waals surface area contributed by atoms with Crippen molar-refractivity contribution in [3.05, 3.63) is 77.9 Å². The Labute approximate surface area is 207 Å². The van der Waals surface area contributed by atoms with Gasteiger partial charge >= 0.3 is 0 Å².